The second kappa shape index (κ2) is 8.25. The minimum absolute atomic E-state index is 0.0700. The average Bonchev–Trinajstić information content (AvgIpc) is 3.33. The highest BCUT2D eigenvalue weighted by molar-refractivity contribution is 5.61. The first-order chi connectivity index (χ1) is 11.4. The quantitative estimate of drug-likeness (QED) is 0.547. The van der Waals surface area contributed by atoms with Gasteiger partial charge in [0.1, 0.15) is 0 Å². The molecule has 4 heteroatoms. The van der Waals surface area contributed by atoms with Crippen LogP contribution in [0.3, 0.4) is 0 Å². The van der Waals surface area contributed by atoms with Crippen LogP contribution >= 0.6 is 0 Å². The van der Waals surface area contributed by atoms with Crippen LogP contribution in [0.1, 0.15) is 51.2 Å². The summed E-state index contributed by atoms with van der Waals surface area (Å²) in [6.45, 7) is 8.40. The van der Waals surface area contributed by atoms with Crippen molar-refractivity contribution >= 4 is 6.08 Å². The maximum atomic E-state index is 9.82. The normalized spacial score (nSPS) is 13.1. The summed E-state index contributed by atoms with van der Waals surface area (Å²) in [5, 5.41) is 19.6. The predicted molar refractivity (Wildman–Crippen MR) is 97.9 cm³/mol. The van der Waals surface area contributed by atoms with Gasteiger partial charge in [0.2, 0.25) is 0 Å². The van der Waals surface area contributed by atoms with E-state index in [9.17, 15) is 10.2 Å². The Bertz CT molecular complexity index is 637. The summed E-state index contributed by atoms with van der Waals surface area (Å²) in [6.07, 6.45) is 5.30. The molecule has 1 aliphatic rings. The van der Waals surface area contributed by atoms with E-state index in [1.54, 1.807) is 12.1 Å². The molecule has 24 heavy (non-hydrogen) atoms. The van der Waals surface area contributed by atoms with Crippen molar-refractivity contribution in [1.82, 2.24) is 4.90 Å². The van der Waals surface area contributed by atoms with Crippen LogP contribution < -0.4 is 0 Å². The van der Waals surface area contributed by atoms with Gasteiger partial charge >= 0.3 is 0 Å². The number of ether oxygens (including phenoxy) is 1. The van der Waals surface area contributed by atoms with Crippen molar-refractivity contribution in [3.8, 4) is 11.5 Å². The van der Waals surface area contributed by atoms with E-state index in [2.05, 4.69) is 11.9 Å². The van der Waals surface area contributed by atoms with Crippen LogP contribution in [0.2, 0.25) is 0 Å². The lowest BCUT2D eigenvalue weighted by Gasteiger charge is -2.20. The average molecular weight is 331 g/mol. The molecule has 1 aliphatic carbocycles. The van der Waals surface area contributed by atoms with E-state index >= 15 is 0 Å². The number of aromatic hydroxyl groups is 2. The molecule has 0 aromatic heterocycles. The third-order valence-corrected chi connectivity index (χ3v) is 4.05. The fourth-order valence-corrected chi connectivity index (χ4v) is 2.75. The Morgan fingerprint density at radius 1 is 1.21 bits per heavy atom. The SMILES string of the molecule is CCOC(CCN(C)Cc1cc(O)c(O)cc1C=C(C)C)=C1CC1. The summed E-state index contributed by atoms with van der Waals surface area (Å²) in [5.74, 6) is 1.01. The highest BCUT2D eigenvalue weighted by Crippen LogP contribution is 2.34. The topological polar surface area (TPSA) is 52.9 Å². The molecule has 2 N–H and O–H groups in total. The lowest BCUT2D eigenvalue weighted by Crippen LogP contribution is -2.20. The smallest absolute Gasteiger partial charge is 0.158 e. The first-order valence-corrected chi connectivity index (χ1v) is 8.62. The van der Waals surface area contributed by atoms with Crippen molar-refractivity contribution in [1.29, 1.82) is 0 Å². The van der Waals surface area contributed by atoms with Crippen LogP contribution in [0.15, 0.2) is 29.0 Å². The zero-order chi connectivity index (χ0) is 17.7. The van der Waals surface area contributed by atoms with E-state index in [1.807, 2.05) is 26.8 Å². The summed E-state index contributed by atoms with van der Waals surface area (Å²) < 4.78 is 5.75. The zero-order valence-electron chi connectivity index (χ0n) is 15.2. The Balaban J connectivity index is 2.05. The van der Waals surface area contributed by atoms with Gasteiger partial charge in [-0.1, -0.05) is 11.6 Å². The summed E-state index contributed by atoms with van der Waals surface area (Å²) in [4.78, 5) is 2.22. The Hall–Kier alpha value is -1.94. The molecule has 0 saturated heterocycles. The van der Waals surface area contributed by atoms with Crippen molar-refractivity contribution in [2.45, 2.75) is 46.6 Å². The van der Waals surface area contributed by atoms with Crippen LogP contribution in [0.5, 0.6) is 11.5 Å². The molecule has 0 bridgehead atoms. The van der Waals surface area contributed by atoms with E-state index in [0.717, 1.165) is 42.0 Å². The number of allylic oxidation sites excluding steroid dienone is 2. The molecule has 0 atom stereocenters. The number of benzene rings is 1. The number of phenols is 2. The summed E-state index contributed by atoms with van der Waals surface area (Å²) in [7, 11) is 2.07. The fourth-order valence-electron chi connectivity index (χ4n) is 2.75. The standard InChI is InChI=1S/C20H29NO3/c1-5-24-20(15-6-7-15)8-9-21(4)13-17-12-19(23)18(22)11-16(17)10-14(2)3/h10-12,22-23H,5-9,13H2,1-4H3. The Kier molecular flexibility index (Phi) is 6.32. The molecule has 0 unspecified atom stereocenters. The van der Waals surface area contributed by atoms with E-state index in [0.29, 0.717) is 6.54 Å². The molecule has 0 aliphatic heterocycles. The zero-order valence-corrected chi connectivity index (χ0v) is 15.2. The van der Waals surface area contributed by atoms with Crippen LogP contribution in [0.25, 0.3) is 6.08 Å². The van der Waals surface area contributed by atoms with Crippen molar-refractivity contribution in [2.24, 2.45) is 0 Å². The second-order valence-corrected chi connectivity index (χ2v) is 6.71. The maximum Gasteiger partial charge on any atom is 0.158 e. The van der Waals surface area contributed by atoms with E-state index < -0.39 is 0 Å². The third-order valence-electron chi connectivity index (χ3n) is 4.05. The molecular weight excluding hydrogens is 302 g/mol. The molecule has 132 valence electrons. The van der Waals surface area contributed by atoms with Crippen LogP contribution in [0, 0.1) is 0 Å². The lowest BCUT2D eigenvalue weighted by atomic mass is 10.0. The largest absolute Gasteiger partial charge is 0.504 e. The summed E-state index contributed by atoms with van der Waals surface area (Å²) in [6, 6.07) is 3.28. The second-order valence-electron chi connectivity index (χ2n) is 6.71. The first kappa shape index (κ1) is 18.4. The number of rotatable bonds is 8. The van der Waals surface area contributed by atoms with Gasteiger partial charge in [-0.25, -0.2) is 0 Å². The molecule has 1 aromatic carbocycles. The number of hydrogen-bond acceptors (Lipinski definition) is 4. The Labute approximate surface area is 145 Å². The van der Waals surface area contributed by atoms with Gasteiger partial charge in [-0.2, -0.15) is 0 Å². The minimum atomic E-state index is -0.0778. The molecule has 2 rings (SSSR count). The third kappa shape index (κ3) is 5.31. The fraction of sp³-hybridized carbons (Fsp3) is 0.500. The maximum absolute atomic E-state index is 9.82. The molecule has 1 aromatic rings. The number of phenolic OH excluding ortho intramolecular Hbond substituents is 2. The van der Waals surface area contributed by atoms with Gasteiger partial charge in [-0.15, -0.1) is 0 Å². The van der Waals surface area contributed by atoms with E-state index in [4.69, 9.17) is 4.74 Å². The van der Waals surface area contributed by atoms with Gasteiger partial charge in [0.15, 0.2) is 11.5 Å². The first-order valence-electron chi connectivity index (χ1n) is 8.62. The van der Waals surface area contributed by atoms with E-state index in [-0.39, 0.29) is 11.5 Å². The monoisotopic (exact) mass is 331 g/mol. The van der Waals surface area contributed by atoms with Crippen molar-refractivity contribution in [3.05, 3.63) is 40.2 Å². The van der Waals surface area contributed by atoms with Crippen LogP contribution in [-0.4, -0.2) is 35.3 Å². The molecule has 0 amide bonds. The van der Waals surface area contributed by atoms with Crippen LogP contribution in [0.4, 0.5) is 0 Å². The minimum Gasteiger partial charge on any atom is -0.504 e. The summed E-state index contributed by atoms with van der Waals surface area (Å²) in [5.41, 5.74) is 4.56. The molecular formula is C20H29NO3. The van der Waals surface area contributed by atoms with Gasteiger partial charge < -0.3 is 19.8 Å². The predicted octanol–water partition coefficient (Wildman–Crippen LogP) is 4.43. The molecule has 1 fully saturated rings. The van der Waals surface area contributed by atoms with Crippen LogP contribution in [-0.2, 0) is 11.3 Å². The van der Waals surface area contributed by atoms with Gasteiger partial charge in [0, 0.05) is 19.5 Å². The Morgan fingerprint density at radius 3 is 2.46 bits per heavy atom. The number of nitrogens with zero attached hydrogens (tertiary/aromatic N) is 1. The van der Waals surface area contributed by atoms with E-state index in [1.165, 1.54) is 18.4 Å². The lowest BCUT2D eigenvalue weighted by molar-refractivity contribution is 0.203. The highest BCUT2D eigenvalue weighted by Gasteiger charge is 2.19. The van der Waals surface area contributed by atoms with Gasteiger partial charge in [0.25, 0.3) is 0 Å². The Morgan fingerprint density at radius 2 is 1.88 bits per heavy atom. The number of hydrogen-bond donors (Lipinski definition) is 2. The summed E-state index contributed by atoms with van der Waals surface area (Å²) >= 11 is 0. The molecule has 0 radical (unpaired) electrons. The van der Waals surface area contributed by atoms with Crippen molar-refractivity contribution in [3.63, 3.8) is 0 Å². The van der Waals surface area contributed by atoms with Gasteiger partial charge in [-0.05, 0) is 69.5 Å². The molecule has 1 saturated carbocycles. The van der Waals surface area contributed by atoms with Gasteiger partial charge in [0.05, 0.1) is 12.4 Å². The van der Waals surface area contributed by atoms with Crippen molar-refractivity contribution in [2.75, 3.05) is 20.2 Å². The molecule has 0 spiro atoms. The van der Waals surface area contributed by atoms with Crippen molar-refractivity contribution < 1.29 is 14.9 Å². The molecule has 0 heterocycles. The van der Waals surface area contributed by atoms with Gasteiger partial charge in [-0.3, -0.25) is 0 Å². The highest BCUT2D eigenvalue weighted by atomic mass is 16.5. The molecule has 4 nitrogen and oxygen atoms in total.